The second kappa shape index (κ2) is 6.22. The van der Waals surface area contributed by atoms with E-state index in [0.717, 1.165) is 15.6 Å². The normalized spacial score (nSPS) is 12.1. The molecule has 1 N–H and O–H groups in total. The van der Waals surface area contributed by atoms with Crippen molar-refractivity contribution in [3.8, 4) is 0 Å². The second-order valence-electron chi connectivity index (χ2n) is 4.19. The number of hydrogen-bond donors (Lipinski definition) is 1. The van der Waals surface area contributed by atoms with E-state index in [4.69, 9.17) is 11.6 Å². The van der Waals surface area contributed by atoms with Gasteiger partial charge in [-0.05, 0) is 29.7 Å². The van der Waals surface area contributed by atoms with Gasteiger partial charge in [-0.15, -0.1) is 11.6 Å². The summed E-state index contributed by atoms with van der Waals surface area (Å²) in [6.45, 7) is 0. The monoisotopic (exact) mass is 338 g/mol. The third kappa shape index (κ3) is 3.58. The van der Waals surface area contributed by atoms with Gasteiger partial charge in [0.2, 0.25) is 0 Å². The van der Waals surface area contributed by atoms with E-state index in [1.54, 1.807) is 12.1 Å². The molecule has 0 aromatic heterocycles. The molecule has 0 amide bonds. The van der Waals surface area contributed by atoms with Gasteiger partial charge in [-0.1, -0.05) is 52.3 Å². The molecule has 0 fully saturated rings. The molecule has 4 heteroatoms. The zero-order valence-corrected chi connectivity index (χ0v) is 12.4. The third-order valence-corrected chi connectivity index (χ3v) is 3.76. The number of benzene rings is 2. The predicted octanol–water partition coefficient (Wildman–Crippen LogP) is 4.67. The van der Waals surface area contributed by atoms with E-state index in [1.807, 2.05) is 36.4 Å². The molecule has 0 bridgehead atoms. The molecule has 0 heterocycles. The smallest absolute Gasteiger partial charge is 0.336 e. The van der Waals surface area contributed by atoms with Crippen molar-refractivity contribution in [1.29, 1.82) is 0 Å². The molecule has 1 atom stereocenters. The van der Waals surface area contributed by atoms with Crippen LogP contribution in [0, 0.1) is 0 Å². The summed E-state index contributed by atoms with van der Waals surface area (Å²) in [4.78, 5) is 11.2. The first kappa shape index (κ1) is 14.1. The molecular formula is C15H12BrClO2. The van der Waals surface area contributed by atoms with Gasteiger partial charge in [0.25, 0.3) is 0 Å². The Balaban J connectivity index is 2.26. The van der Waals surface area contributed by atoms with Crippen molar-refractivity contribution < 1.29 is 9.90 Å². The van der Waals surface area contributed by atoms with Crippen molar-refractivity contribution in [2.45, 2.75) is 11.8 Å². The van der Waals surface area contributed by atoms with Crippen LogP contribution in [0.2, 0.25) is 0 Å². The minimum absolute atomic E-state index is 0.236. The standard InChI is InChI=1S/C15H12BrClO2/c16-12-7-6-11(13(9-12)15(18)19)8-14(17)10-4-2-1-3-5-10/h1-7,9,14H,8H2,(H,18,19). The van der Waals surface area contributed by atoms with Crippen molar-refractivity contribution in [3.63, 3.8) is 0 Å². The van der Waals surface area contributed by atoms with Gasteiger partial charge in [-0.25, -0.2) is 4.79 Å². The zero-order valence-electron chi connectivity index (χ0n) is 10.0. The summed E-state index contributed by atoms with van der Waals surface area (Å²) in [6, 6.07) is 14.9. The van der Waals surface area contributed by atoms with E-state index < -0.39 is 5.97 Å². The average molecular weight is 340 g/mol. The molecule has 0 spiro atoms. The SMILES string of the molecule is O=C(O)c1cc(Br)ccc1CC(Cl)c1ccccc1. The molecule has 0 saturated carbocycles. The molecular weight excluding hydrogens is 328 g/mol. The lowest BCUT2D eigenvalue weighted by Gasteiger charge is -2.12. The van der Waals surface area contributed by atoms with Crippen LogP contribution < -0.4 is 0 Å². The highest BCUT2D eigenvalue weighted by Crippen LogP contribution is 2.27. The van der Waals surface area contributed by atoms with Gasteiger partial charge in [-0.2, -0.15) is 0 Å². The number of halogens is 2. The number of carboxylic acid groups (broad SMARTS) is 1. The Morgan fingerprint density at radius 3 is 2.53 bits per heavy atom. The van der Waals surface area contributed by atoms with Gasteiger partial charge in [0.15, 0.2) is 0 Å². The molecule has 2 rings (SSSR count). The molecule has 2 nitrogen and oxygen atoms in total. The first-order valence-electron chi connectivity index (χ1n) is 5.78. The topological polar surface area (TPSA) is 37.3 Å². The Hall–Kier alpha value is -1.32. The third-order valence-electron chi connectivity index (χ3n) is 2.86. The lowest BCUT2D eigenvalue weighted by atomic mass is 9.99. The quantitative estimate of drug-likeness (QED) is 0.822. The van der Waals surface area contributed by atoms with Crippen molar-refractivity contribution in [2.75, 3.05) is 0 Å². The Labute approximate surface area is 125 Å². The van der Waals surface area contributed by atoms with Crippen LogP contribution in [0.15, 0.2) is 53.0 Å². The molecule has 2 aromatic rings. The van der Waals surface area contributed by atoms with Crippen LogP contribution in [0.4, 0.5) is 0 Å². The largest absolute Gasteiger partial charge is 0.478 e. The predicted molar refractivity (Wildman–Crippen MR) is 79.8 cm³/mol. The molecule has 19 heavy (non-hydrogen) atoms. The summed E-state index contributed by atoms with van der Waals surface area (Å²) in [5.74, 6) is -0.937. The maximum atomic E-state index is 11.2. The van der Waals surface area contributed by atoms with Gasteiger partial charge >= 0.3 is 5.97 Å². The van der Waals surface area contributed by atoms with Crippen LogP contribution in [-0.4, -0.2) is 11.1 Å². The molecule has 0 saturated heterocycles. The van der Waals surface area contributed by atoms with Gasteiger partial charge < -0.3 is 5.11 Å². The number of alkyl halides is 1. The Kier molecular flexibility index (Phi) is 4.61. The number of aromatic carboxylic acids is 1. The number of hydrogen-bond acceptors (Lipinski definition) is 1. The van der Waals surface area contributed by atoms with E-state index in [0.29, 0.717) is 6.42 Å². The fourth-order valence-corrected chi connectivity index (χ4v) is 2.57. The summed E-state index contributed by atoms with van der Waals surface area (Å²) >= 11 is 9.63. The summed E-state index contributed by atoms with van der Waals surface area (Å²) in [6.07, 6.45) is 0.487. The van der Waals surface area contributed by atoms with Gasteiger partial charge in [0.05, 0.1) is 10.9 Å². The highest BCUT2D eigenvalue weighted by molar-refractivity contribution is 9.10. The van der Waals surface area contributed by atoms with Crippen molar-refractivity contribution >= 4 is 33.5 Å². The summed E-state index contributed by atoms with van der Waals surface area (Å²) < 4.78 is 0.750. The zero-order chi connectivity index (χ0) is 13.8. The van der Waals surface area contributed by atoms with Crippen LogP contribution in [0.25, 0.3) is 0 Å². The fraction of sp³-hybridized carbons (Fsp3) is 0.133. The molecule has 0 aliphatic rings. The highest BCUT2D eigenvalue weighted by atomic mass is 79.9. The molecule has 2 aromatic carbocycles. The average Bonchev–Trinajstić information content (AvgIpc) is 2.41. The molecule has 0 radical (unpaired) electrons. The van der Waals surface area contributed by atoms with E-state index in [-0.39, 0.29) is 10.9 Å². The maximum Gasteiger partial charge on any atom is 0.336 e. The number of carboxylic acids is 1. The van der Waals surface area contributed by atoms with Crippen molar-refractivity contribution in [2.24, 2.45) is 0 Å². The number of rotatable bonds is 4. The second-order valence-corrected chi connectivity index (χ2v) is 5.63. The first-order chi connectivity index (χ1) is 9.08. The van der Waals surface area contributed by atoms with Gasteiger partial charge in [-0.3, -0.25) is 0 Å². The fourth-order valence-electron chi connectivity index (χ4n) is 1.90. The van der Waals surface area contributed by atoms with Gasteiger partial charge in [0, 0.05) is 4.47 Å². The summed E-state index contributed by atoms with van der Waals surface area (Å²) in [5, 5.41) is 8.97. The van der Waals surface area contributed by atoms with E-state index in [9.17, 15) is 9.90 Å². The van der Waals surface area contributed by atoms with Crippen LogP contribution in [-0.2, 0) is 6.42 Å². The van der Waals surface area contributed by atoms with Crippen molar-refractivity contribution in [3.05, 3.63) is 69.7 Å². The molecule has 1 unspecified atom stereocenters. The van der Waals surface area contributed by atoms with Crippen LogP contribution in [0.3, 0.4) is 0 Å². The van der Waals surface area contributed by atoms with E-state index in [1.165, 1.54) is 0 Å². The summed E-state index contributed by atoms with van der Waals surface area (Å²) in [7, 11) is 0. The Bertz CT molecular complexity index is 584. The van der Waals surface area contributed by atoms with Crippen LogP contribution >= 0.6 is 27.5 Å². The number of carbonyl (C=O) groups is 1. The lowest BCUT2D eigenvalue weighted by Crippen LogP contribution is -2.05. The van der Waals surface area contributed by atoms with E-state index >= 15 is 0 Å². The molecule has 0 aliphatic carbocycles. The highest BCUT2D eigenvalue weighted by Gasteiger charge is 2.15. The summed E-state index contributed by atoms with van der Waals surface area (Å²) in [5.41, 5.74) is 2.01. The van der Waals surface area contributed by atoms with E-state index in [2.05, 4.69) is 15.9 Å². The minimum Gasteiger partial charge on any atom is -0.478 e. The van der Waals surface area contributed by atoms with Crippen LogP contribution in [0.1, 0.15) is 26.9 Å². The molecule has 98 valence electrons. The van der Waals surface area contributed by atoms with Crippen LogP contribution in [0.5, 0.6) is 0 Å². The minimum atomic E-state index is -0.937. The van der Waals surface area contributed by atoms with Crippen molar-refractivity contribution in [1.82, 2.24) is 0 Å². The van der Waals surface area contributed by atoms with Gasteiger partial charge in [0.1, 0.15) is 0 Å². The lowest BCUT2D eigenvalue weighted by molar-refractivity contribution is 0.0695. The Morgan fingerprint density at radius 1 is 1.21 bits per heavy atom. The Morgan fingerprint density at radius 2 is 1.89 bits per heavy atom. The molecule has 0 aliphatic heterocycles. The maximum absolute atomic E-state index is 11.2. The first-order valence-corrected chi connectivity index (χ1v) is 7.01.